The molecule has 0 aromatic heterocycles. The fraction of sp³-hybridized carbons (Fsp3) is 0.630. The van der Waals surface area contributed by atoms with E-state index in [2.05, 4.69) is 55.4 Å². The summed E-state index contributed by atoms with van der Waals surface area (Å²) >= 11 is 4.71. The summed E-state index contributed by atoms with van der Waals surface area (Å²) in [7, 11) is -0.430. The molecule has 36 heavy (non-hydrogen) atoms. The van der Waals surface area contributed by atoms with E-state index in [9.17, 15) is 9.59 Å². The number of halogens is 1. The maximum absolute atomic E-state index is 12.8. The third-order valence-corrected chi connectivity index (χ3v) is 8.90. The molecule has 1 aromatic rings. The predicted octanol–water partition coefficient (Wildman–Crippen LogP) is 3.85. The third-order valence-electron chi connectivity index (χ3n) is 8.74. The second-order valence-corrected chi connectivity index (χ2v) is 11.7. The molecule has 3 unspecified atom stereocenters. The van der Waals surface area contributed by atoms with Gasteiger partial charge >= 0.3 is 13.1 Å². The van der Waals surface area contributed by atoms with Gasteiger partial charge in [-0.1, -0.05) is 50.8 Å². The van der Waals surface area contributed by atoms with Crippen LogP contribution in [0.4, 0.5) is 4.79 Å². The highest BCUT2D eigenvalue weighted by atomic mass is 35.5. The normalized spacial score (nSPS) is 32.3. The number of carbonyl (C=O) groups excluding carboxylic acids is 2. The van der Waals surface area contributed by atoms with Gasteiger partial charge in [0.1, 0.15) is 0 Å². The first-order valence-electron chi connectivity index (χ1n) is 13.1. The standard InChI is InChI=1S/C24H36BN3O3.C3H3ClO/c1-23(2)17-13-19(23)24(3)20(14-17)30-25(31-24)21(12-16-8-5-4-6-9-16)28-22(29)27-15-18-10-7-11-26-18;1-2-3(4)5/h4-6,8-9,17-21,26H,7,10-15H2,1-3H3,(H2,27,28,29);2H,1H2/t17-,18?,19?,20+,21?,24-;/m0./s1. The predicted molar refractivity (Wildman–Crippen MR) is 143 cm³/mol. The van der Waals surface area contributed by atoms with Crippen LogP contribution in [0.3, 0.4) is 0 Å². The average molecular weight is 516 g/mol. The van der Waals surface area contributed by atoms with Gasteiger partial charge in [0.05, 0.1) is 17.6 Å². The fourth-order valence-electron chi connectivity index (χ4n) is 6.52. The van der Waals surface area contributed by atoms with Gasteiger partial charge in [-0.05, 0) is 86.1 Å². The van der Waals surface area contributed by atoms with Gasteiger partial charge in [0.25, 0.3) is 0 Å². The Morgan fingerprint density at radius 3 is 2.61 bits per heavy atom. The van der Waals surface area contributed by atoms with Crippen LogP contribution in [-0.4, -0.2) is 55.2 Å². The lowest BCUT2D eigenvalue weighted by Crippen LogP contribution is -2.65. The molecule has 1 aromatic carbocycles. The Labute approximate surface area is 220 Å². The van der Waals surface area contributed by atoms with E-state index < -0.39 is 12.4 Å². The lowest BCUT2D eigenvalue weighted by Gasteiger charge is -2.64. The van der Waals surface area contributed by atoms with Crippen molar-refractivity contribution < 1.29 is 18.9 Å². The van der Waals surface area contributed by atoms with Crippen molar-refractivity contribution in [2.45, 2.75) is 76.6 Å². The maximum atomic E-state index is 12.8. The zero-order valence-electron chi connectivity index (χ0n) is 21.6. The zero-order chi connectivity index (χ0) is 25.9. The summed E-state index contributed by atoms with van der Waals surface area (Å²) in [6, 6.07) is 10.5. The van der Waals surface area contributed by atoms with E-state index >= 15 is 0 Å². The Balaban J connectivity index is 0.000000556. The Hall–Kier alpha value is -1.87. The molecule has 2 amide bonds. The highest BCUT2D eigenvalue weighted by Gasteiger charge is 2.68. The van der Waals surface area contributed by atoms with Gasteiger partial charge in [0.2, 0.25) is 5.24 Å². The smallest absolute Gasteiger partial charge is 0.404 e. The summed E-state index contributed by atoms with van der Waals surface area (Å²) in [5.74, 6) is 0.982. The second-order valence-electron chi connectivity index (χ2n) is 11.3. The van der Waals surface area contributed by atoms with E-state index in [1.807, 2.05) is 18.2 Å². The number of carbonyl (C=O) groups is 2. The SMILES string of the molecule is C=CC(=O)Cl.CC1(C)C2C[C@H]1C[C@H]1OB(C(Cc3ccccc3)NC(=O)NCC3CCCN3)O[C@@]21C. The monoisotopic (exact) mass is 515 g/mol. The molecule has 5 aliphatic rings. The van der Waals surface area contributed by atoms with Crippen molar-refractivity contribution in [1.82, 2.24) is 16.0 Å². The molecule has 6 atom stereocenters. The molecule has 3 N–H and O–H groups in total. The molecule has 2 saturated heterocycles. The van der Waals surface area contributed by atoms with Gasteiger partial charge in [-0.15, -0.1) is 0 Å². The number of nitrogens with one attached hydrogen (secondary N) is 3. The number of amides is 2. The lowest BCUT2D eigenvalue weighted by atomic mass is 9.43. The molecule has 0 spiro atoms. The minimum Gasteiger partial charge on any atom is -0.404 e. The molecule has 2 bridgehead atoms. The maximum Gasteiger partial charge on any atom is 0.482 e. The van der Waals surface area contributed by atoms with Gasteiger partial charge in [0, 0.05) is 12.6 Å². The van der Waals surface area contributed by atoms with E-state index in [1.54, 1.807) is 0 Å². The molecule has 196 valence electrons. The van der Waals surface area contributed by atoms with Gasteiger partial charge in [-0.25, -0.2) is 4.79 Å². The quantitative estimate of drug-likeness (QED) is 0.292. The average Bonchev–Trinajstić information content (AvgIpc) is 3.50. The Bertz CT molecular complexity index is 942. The van der Waals surface area contributed by atoms with Crippen molar-refractivity contribution >= 4 is 30.0 Å². The molecule has 2 heterocycles. The van der Waals surface area contributed by atoms with Crippen molar-refractivity contribution in [2.75, 3.05) is 13.1 Å². The molecule has 9 heteroatoms. The van der Waals surface area contributed by atoms with Crippen molar-refractivity contribution in [3.63, 3.8) is 0 Å². The first-order chi connectivity index (χ1) is 17.1. The minimum absolute atomic E-state index is 0.111. The largest absolute Gasteiger partial charge is 0.482 e. The van der Waals surface area contributed by atoms with Crippen LogP contribution in [0.1, 0.15) is 52.0 Å². The number of urea groups is 1. The molecule has 0 radical (unpaired) electrons. The topological polar surface area (TPSA) is 88.7 Å². The van der Waals surface area contributed by atoms with Gasteiger partial charge in [-0.2, -0.15) is 0 Å². The zero-order valence-corrected chi connectivity index (χ0v) is 22.4. The van der Waals surface area contributed by atoms with E-state index in [0.29, 0.717) is 36.3 Å². The van der Waals surface area contributed by atoms with Crippen LogP contribution in [0.25, 0.3) is 0 Å². The third kappa shape index (κ3) is 5.82. The van der Waals surface area contributed by atoms with E-state index in [0.717, 1.165) is 25.5 Å². The number of hydrogen-bond donors (Lipinski definition) is 3. The summed E-state index contributed by atoms with van der Waals surface area (Å²) < 4.78 is 13.2. The first kappa shape index (κ1) is 27.2. The summed E-state index contributed by atoms with van der Waals surface area (Å²) in [5, 5.41) is 9.14. The van der Waals surface area contributed by atoms with Crippen LogP contribution >= 0.6 is 11.6 Å². The number of allylic oxidation sites excluding steroid dienone is 1. The molecule has 2 aliphatic heterocycles. The minimum atomic E-state index is -0.509. The number of hydrogen-bond acceptors (Lipinski definition) is 5. The summed E-state index contributed by atoms with van der Waals surface area (Å²) in [4.78, 5) is 22.2. The van der Waals surface area contributed by atoms with Gasteiger partial charge < -0.3 is 25.3 Å². The molecular weight excluding hydrogens is 477 g/mol. The Kier molecular flexibility index (Phi) is 8.50. The molecule has 5 fully saturated rings. The molecule has 3 saturated carbocycles. The van der Waals surface area contributed by atoms with Crippen molar-refractivity contribution in [3.8, 4) is 0 Å². The van der Waals surface area contributed by atoms with Crippen LogP contribution in [0.5, 0.6) is 0 Å². The highest BCUT2D eigenvalue weighted by molar-refractivity contribution is 6.66. The summed E-state index contributed by atoms with van der Waals surface area (Å²) in [6.07, 6.45) is 6.39. The first-order valence-corrected chi connectivity index (χ1v) is 13.5. The summed E-state index contributed by atoms with van der Waals surface area (Å²) in [5.41, 5.74) is 1.20. The van der Waals surface area contributed by atoms with Crippen LogP contribution in [0.2, 0.25) is 0 Å². The van der Waals surface area contributed by atoms with Crippen molar-refractivity contribution in [3.05, 3.63) is 48.6 Å². The number of rotatable bonds is 7. The van der Waals surface area contributed by atoms with Gasteiger partial charge in [0.15, 0.2) is 0 Å². The van der Waals surface area contributed by atoms with Crippen LogP contribution in [0, 0.1) is 17.3 Å². The van der Waals surface area contributed by atoms with Crippen molar-refractivity contribution in [1.29, 1.82) is 0 Å². The van der Waals surface area contributed by atoms with E-state index in [4.69, 9.17) is 20.9 Å². The lowest BCUT2D eigenvalue weighted by molar-refractivity contribution is -0.199. The fourth-order valence-corrected chi connectivity index (χ4v) is 6.52. The van der Waals surface area contributed by atoms with E-state index in [-0.39, 0.29) is 23.7 Å². The molecular formula is C27H39BClN3O4. The molecule has 7 nitrogen and oxygen atoms in total. The highest BCUT2D eigenvalue weighted by Crippen LogP contribution is 2.65. The number of benzene rings is 1. The molecule has 6 rings (SSSR count). The van der Waals surface area contributed by atoms with Crippen molar-refractivity contribution in [2.24, 2.45) is 17.3 Å². The second kappa shape index (κ2) is 11.3. The van der Waals surface area contributed by atoms with Crippen LogP contribution < -0.4 is 16.0 Å². The summed E-state index contributed by atoms with van der Waals surface area (Å²) in [6.45, 7) is 11.7. The van der Waals surface area contributed by atoms with Crippen LogP contribution in [-0.2, 0) is 20.5 Å². The Morgan fingerprint density at radius 2 is 2.00 bits per heavy atom. The van der Waals surface area contributed by atoms with E-state index in [1.165, 1.54) is 18.4 Å². The molecule has 3 aliphatic carbocycles. The van der Waals surface area contributed by atoms with Gasteiger partial charge in [-0.3, -0.25) is 4.79 Å². The van der Waals surface area contributed by atoms with Crippen LogP contribution in [0.15, 0.2) is 43.0 Å². The Morgan fingerprint density at radius 1 is 1.28 bits per heavy atom.